The molecule has 0 bridgehead atoms. The molecule has 0 aliphatic heterocycles. The van der Waals surface area contributed by atoms with Gasteiger partial charge in [-0.15, -0.1) is 5.10 Å². The van der Waals surface area contributed by atoms with E-state index >= 15 is 0 Å². The van der Waals surface area contributed by atoms with E-state index in [-0.39, 0.29) is 0 Å². The summed E-state index contributed by atoms with van der Waals surface area (Å²) in [6.45, 7) is 3.96. The number of nitrogens with zero attached hydrogens (tertiary/aromatic N) is 3. The van der Waals surface area contributed by atoms with Gasteiger partial charge in [0, 0.05) is 24.2 Å². The molecule has 2 aromatic rings. The van der Waals surface area contributed by atoms with Crippen LogP contribution in [0.1, 0.15) is 24.9 Å². The van der Waals surface area contributed by atoms with E-state index in [1.165, 1.54) is 0 Å². The average Bonchev–Trinajstić information content (AvgIpc) is 2.75. The van der Waals surface area contributed by atoms with E-state index in [4.69, 9.17) is 10.6 Å². The molecule has 7 heteroatoms. The Morgan fingerprint density at radius 3 is 2.78 bits per heavy atom. The molecule has 2 aromatic heterocycles. The molecule has 0 amide bonds. The number of aromatic amines is 1. The maximum atomic E-state index is 5.54. The molecule has 18 heavy (non-hydrogen) atoms. The van der Waals surface area contributed by atoms with E-state index in [9.17, 15) is 0 Å². The number of ether oxygens (including phenoxy) is 1. The Balaban J connectivity index is 2.23. The maximum Gasteiger partial charge on any atom is 0.240 e. The molecule has 0 spiro atoms. The van der Waals surface area contributed by atoms with Gasteiger partial charge in [-0.2, -0.15) is 4.98 Å². The number of rotatable bonds is 5. The van der Waals surface area contributed by atoms with E-state index in [2.05, 4.69) is 32.5 Å². The number of hydrazine groups is 1. The average molecular weight is 248 g/mol. The quantitative estimate of drug-likeness (QED) is 0.548. The molecule has 0 unspecified atom stereocenters. The molecule has 4 N–H and O–H groups in total. The molecule has 0 saturated heterocycles. The van der Waals surface area contributed by atoms with Gasteiger partial charge < -0.3 is 10.2 Å². The van der Waals surface area contributed by atoms with Gasteiger partial charge in [-0.05, 0) is 13.3 Å². The molecular weight excluding hydrogens is 232 g/mol. The number of anilines is 1. The van der Waals surface area contributed by atoms with Crippen molar-refractivity contribution < 1.29 is 4.74 Å². The summed E-state index contributed by atoms with van der Waals surface area (Å²) in [6.07, 6.45) is 1.72. The van der Waals surface area contributed by atoms with Gasteiger partial charge in [0.2, 0.25) is 11.8 Å². The summed E-state index contributed by atoms with van der Waals surface area (Å²) >= 11 is 0. The lowest BCUT2D eigenvalue weighted by molar-refractivity contribution is 0.440. The van der Waals surface area contributed by atoms with Crippen molar-refractivity contribution in [3.63, 3.8) is 0 Å². The van der Waals surface area contributed by atoms with Crippen LogP contribution in [-0.2, 0) is 6.42 Å². The normalized spacial score (nSPS) is 10.4. The van der Waals surface area contributed by atoms with Gasteiger partial charge in [0.1, 0.15) is 11.6 Å². The van der Waals surface area contributed by atoms with Crippen LogP contribution >= 0.6 is 0 Å². The van der Waals surface area contributed by atoms with Crippen molar-refractivity contribution >= 4 is 5.82 Å². The number of hydrogen-bond donors (Lipinski definition) is 3. The summed E-state index contributed by atoms with van der Waals surface area (Å²) < 4.78 is 5.54. The van der Waals surface area contributed by atoms with Crippen molar-refractivity contribution in [1.82, 2.24) is 20.2 Å². The summed E-state index contributed by atoms with van der Waals surface area (Å²) in [5, 5.41) is 6.78. The SMILES string of the molecule is CCCc1nc(NN)cc(Oc2cc(C)[nH]n2)n1. The first-order valence-corrected chi connectivity index (χ1v) is 5.75. The first-order chi connectivity index (χ1) is 8.71. The van der Waals surface area contributed by atoms with Crippen LogP contribution in [0.2, 0.25) is 0 Å². The van der Waals surface area contributed by atoms with Crippen molar-refractivity contribution in [2.45, 2.75) is 26.7 Å². The van der Waals surface area contributed by atoms with Crippen LogP contribution in [0, 0.1) is 6.92 Å². The molecule has 7 nitrogen and oxygen atoms in total. The minimum atomic E-state index is 0.424. The third-order valence-electron chi connectivity index (χ3n) is 2.26. The van der Waals surface area contributed by atoms with E-state index in [1.54, 1.807) is 12.1 Å². The van der Waals surface area contributed by atoms with Crippen molar-refractivity contribution in [1.29, 1.82) is 0 Å². The maximum absolute atomic E-state index is 5.54. The summed E-state index contributed by atoms with van der Waals surface area (Å²) in [4.78, 5) is 8.53. The number of nitrogens with one attached hydrogen (secondary N) is 2. The van der Waals surface area contributed by atoms with Crippen LogP contribution in [0.4, 0.5) is 5.82 Å². The van der Waals surface area contributed by atoms with Crippen molar-refractivity contribution in [2.24, 2.45) is 5.84 Å². The standard InChI is InChI=1S/C11H16N6O/c1-3-4-8-13-9(15-12)6-10(14-8)18-11-5-7(2)16-17-11/h5-6H,3-4,12H2,1-2H3,(H,16,17)(H,13,14,15). The van der Waals surface area contributed by atoms with Crippen LogP contribution in [0.3, 0.4) is 0 Å². The highest BCUT2D eigenvalue weighted by atomic mass is 16.5. The fourth-order valence-corrected chi connectivity index (χ4v) is 1.49. The van der Waals surface area contributed by atoms with Crippen LogP contribution in [-0.4, -0.2) is 20.2 Å². The third kappa shape index (κ3) is 2.95. The minimum absolute atomic E-state index is 0.424. The van der Waals surface area contributed by atoms with Gasteiger partial charge in [-0.1, -0.05) is 6.92 Å². The summed E-state index contributed by atoms with van der Waals surface area (Å²) in [5.74, 6) is 7.47. The van der Waals surface area contributed by atoms with Gasteiger partial charge in [0.05, 0.1) is 0 Å². The number of hydrogen-bond acceptors (Lipinski definition) is 6. The molecule has 0 aliphatic rings. The zero-order chi connectivity index (χ0) is 13.0. The van der Waals surface area contributed by atoms with Crippen molar-refractivity contribution in [3.05, 3.63) is 23.7 Å². The fourth-order valence-electron chi connectivity index (χ4n) is 1.49. The second kappa shape index (κ2) is 5.46. The largest absolute Gasteiger partial charge is 0.419 e. The second-order valence-electron chi connectivity index (χ2n) is 3.89. The highest BCUT2D eigenvalue weighted by Gasteiger charge is 2.07. The number of H-pyrrole nitrogens is 1. The van der Waals surface area contributed by atoms with Crippen LogP contribution in [0.5, 0.6) is 11.8 Å². The highest BCUT2D eigenvalue weighted by molar-refractivity contribution is 5.38. The van der Waals surface area contributed by atoms with Crippen LogP contribution in [0.15, 0.2) is 12.1 Å². The van der Waals surface area contributed by atoms with Gasteiger partial charge in [-0.25, -0.2) is 10.8 Å². The molecule has 0 aliphatic carbocycles. The number of aryl methyl sites for hydroxylation is 2. The lowest BCUT2D eigenvalue weighted by Gasteiger charge is -2.06. The minimum Gasteiger partial charge on any atom is -0.419 e. The molecular formula is C11H16N6O. The third-order valence-corrected chi connectivity index (χ3v) is 2.26. The smallest absolute Gasteiger partial charge is 0.240 e. The lowest BCUT2D eigenvalue weighted by Crippen LogP contribution is -2.10. The molecule has 0 atom stereocenters. The number of nitrogen functional groups attached to an aromatic ring is 1. The molecule has 0 aromatic carbocycles. The Morgan fingerprint density at radius 1 is 1.33 bits per heavy atom. The van der Waals surface area contributed by atoms with Crippen LogP contribution < -0.4 is 16.0 Å². The van der Waals surface area contributed by atoms with Gasteiger partial charge >= 0.3 is 0 Å². The summed E-state index contributed by atoms with van der Waals surface area (Å²) in [6, 6.07) is 3.42. The fraction of sp³-hybridized carbons (Fsp3) is 0.364. The molecule has 0 saturated carbocycles. The molecule has 2 rings (SSSR count). The van der Waals surface area contributed by atoms with Crippen molar-refractivity contribution in [3.8, 4) is 11.8 Å². The van der Waals surface area contributed by atoms with E-state index < -0.39 is 0 Å². The second-order valence-corrected chi connectivity index (χ2v) is 3.89. The molecule has 0 fully saturated rings. The number of nitrogens with two attached hydrogens (primary N) is 1. The first kappa shape index (κ1) is 12.3. The highest BCUT2D eigenvalue weighted by Crippen LogP contribution is 2.20. The zero-order valence-corrected chi connectivity index (χ0v) is 10.4. The van der Waals surface area contributed by atoms with Gasteiger partial charge in [0.15, 0.2) is 0 Å². The topological polar surface area (TPSA) is 102 Å². The predicted molar refractivity (Wildman–Crippen MR) is 67.2 cm³/mol. The Kier molecular flexibility index (Phi) is 3.73. The summed E-state index contributed by atoms with van der Waals surface area (Å²) in [7, 11) is 0. The molecule has 2 heterocycles. The van der Waals surface area contributed by atoms with E-state index in [1.807, 2.05) is 6.92 Å². The van der Waals surface area contributed by atoms with E-state index in [0.717, 1.165) is 18.5 Å². The predicted octanol–water partition coefficient (Wildman–Crippen LogP) is 1.54. The van der Waals surface area contributed by atoms with Crippen molar-refractivity contribution in [2.75, 3.05) is 5.43 Å². The summed E-state index contributed by atoms with van der Waals surface area (Å²) in [5.41, 5.74) is 3.42. The Bertz CT molecular complexity index is 524. The van der Waals surface area contributed by atoms with Gasteiger partial charge in [-0.3, -0.25) is 5.10 Å². The molecule has 96 valence electrons. The Labute approximate surface area is 105 Å². The molecule has 0 radical (unpaired) electrons. The monoisotopic (exact) mass is 248 g/mol. The zero-order valence-electron chi connectivity index (χ0n) is 10.4. The van der Waals surface area contributed by atoms with E-state index in [0.29, 0.717) is 23.4 Å². The van der Waals surface area contributed by atoms with Gasteiger partial charge in [0.25, 0.3) is 0 Å². The van der Waals surface area contributed by atoms with Crippen LogP contribution in [0.25, 0.3) is 0 Å². The Hall–Kier alpha value is -2.15. The first-order valence-electron chi connectivity index (χ1n) is 5.75. The Morgan fingerprint density at radius 2 is 2.17 bits per heavy atom. The lowest BCUT2D eigenvalue weighted by atomic mass is 10.3. The number of aromatic nitrogens is 4.